The number of benzene rings is 1. The van der Waals surface area contributed by atoms with Crippen molar-refractivity contribution < 1.29 is 4.79 Å². The quantitative estimate of drug-likeness (QED) is 0.769. The van der Waals surface area contributed by atoms with E-state index in [-0.39, 0.29) is 17.5 Å². The average Bonchev–Trinajstić information content (AvgIpc) is 2.54. The number of aromatic nitrogens is 2. The van der Waals surface area contributed by atoms with Crippen molar-refractivity contribution in [3.63, 3.8) is 0 Å². The van der Waals surface area contributed by atoms with Crippen molar-refractivity contribution in [1.82, 2.24) is 9.55 Å². The summed E-state index contributed by atoms with van der Waals surface area (Å²) < 4.78 is 1.50. The van der Waals surface area contributed by atoms with Crippen LogP contribution < -0.4 is 11.0 Å². The monoisotopic (exact) mass is 239 g/mol. The third-order valence-corrected chi connectivity index (χ3v) is 2.55. The first-order valence-electron chi connectivity index (χ1n) is 4.66. The number of rotatable bonds is 2. The predicted octanol–water partition coefficient (Wildman–Crippen LogP) is 1.04. The summed E-state index contributed by atoms with van der Waals surface area (Å²) >= 11 is 5.38. The van der Waals surface area contributed by atoms with Gasteiger partial charge in [-0.25, -0.2) is 4.79 Å². The summed E-state index contributed by atoms with van der Waals surface area (Å²) in [7, 11) is 1.68. The molecule has 84 valence electrons. The summed E-state index contributed by atoms with van der Waals surface area (Å²) in [4.78, 5) is 25.1. The van der Waals surface area contributed by atoms with E-state index < -0.39 is 0 Å². The highest BCUT2D eigenvalue weighted by molar-refractivity contribution is 6.29. The maximum Gasteiger partial charge on any atom is 0.326 e. The van der Waals surface area contributed by atoms with Gasteiger partial charge in [0.2, 0.25) is 5.91 Å². The zero-order chi connectivity index (χ0) is 11.7. The minimum atomic E-state index is -0.278. The highest BCUT2D eigenvalue weighted by Gasteiger charge is 2.05. The molecular formula is C10H10ClN3O2. The van der Waals surface area contributed by atoms with E-state index in [1.807, 2.05) is 0 Å². The molecule has 0 fully saturated rings. The normalized spacial score (nSPS) is 10.6. The van der Waals surface area contributed by atoms with Crippen molar-refractivity contribution in [3.8, 4) is 0 Å². The molecule has 0 saturated heterocycles. The highest BCUT2D eigenvalue weighted by Crippen LogP contribution is 2.15. The number of nitrogens with one attached hydrogen (secondary N) is 2. The van der Waals surface area contributed by atoms with Crippen LogP contribution >= 0.6 is 11.6 Å². The molecule has 0 unspecified atom stereocenters. The summed E-state index contributed by atoms with van der Waals surface area (Å²) in [6, 6.07) is 5.18. The number of fused-ring (bicyclic) bond motifs is 1. The lowest BCUT2D eigenvalue weighted by Gasteiger charge is -2.02. The van der Waals surface area contributed by atoms with Crippen molar-refractivity contribution >= 4 is 34.2 Å². The third-order valence-electron chi connectivity index (χ3n) is 2.31. The molecule has 2 aromatic rings. The van der Waals surface area contributed by atoms with Crippen LogP contribution in [0.1, 0.15) is 0 Å². The van der Waals surface area contributed by atoms with Gasteiger partial charge < -0.3 is 10.3 Å². The Bertz CT molecular complexity index is 600. The van der Waals surface area contributed by atoms with Crippen LogP contribution in [0.3, 0.4) is 0 Å². The van der Waals surface area contributed by atoms with E-state index in [4.69, 9.17) is 11.6 Å². The van der Waals surface area contributed by atoms with Crippen molar-refractivity contribution in [2.45, 2.75) is 0 Å². The van der Waals surface area contributed by atoms with E-state index in [1.165, 1.54) is 4.57 Å². The lowest BCUT2D eigenvalue weighted by atomic mass is 10.2. The van der Waals surface area contributed by atoms with Gasteiger partial charge in [0.1, 0.15) is 5.88 Å². The summed E-state index contributed by atoms with van der Waals surface area (Å²) in [6.07, 6.45) is 0. The molecule has 0 atom stereocenters. The number of halogens is 1. The molecule has 1 heterocycles. The number of aryl methyl sites for hydroxylation is 1. The number of aromatic amines is 1. The molecule has 5 nitrogen and oxygen atoms in total. The first-order chi connectivity index (χ1) is 7.61. The molecule has 0 aliphatic rings. The number of alkyl halides is 1. The molecule has 0 radical (unpaired) electrons. The van der Waals surface area contributed by atoms with Crippen LogP contribution in [0.15, 0.2) is 23.0 Å². The summed E-state index contributed by atoms with van der Waals surface area (Å²) in [6.45, 7) is 0. The average molecular weight is 240 g/mol. The predicted molar refractivity (Wildman–Crippen MR) is 62.9 cm³/mol. The Balaban J connectivity index is 2.45. The second kappa shape index (κ2) is 4.02. The van der Waals surface area contributed by atoms with Crippen LogP contribution in [0.2, 0.25) is 0 Å². The van der Waals surface area contributed by atoms with Crippen molar-refractivity contribution in [3.05, 3.63) is 28.7 Å². The van der Waals surface area contributed by atoms with Crippen molar-refractivity contribution in [1.29, 1.82) is 0 Å². The van der Waals surface area contributed by atoms with E-state index in [0.29, 0.717) is 11.2 Å². The fourth-order valence-corrected chi connectivity index (χ4v) is 1.58. The molecule has 16 heavy (non-hydrogen) atoms. The van der Waals surface area contributed by atoms with Crippen molar-refractivity contribution in [2.75, 3.05) is 11.2 Å². The minimum absolute atomic E-state index is 0.0939. The maximum atomic E-state index is 11.3. The van der Waals surface area contributed by atoms with Gasteiger partial charge in [-0.05, 0) is 18.2 Å². The Morgan fingerprint density at radius 3 is 3.00 bits per heavy atom. The Morgan fingerprint density at radius 2 is 2.31 bits per heavy atom. The molecule has 0 aliphatic carbocycles. The van der Waals surface area contributed by atoms with Crippen LogP contribution in [0, 0.1) is 0 Å². The molecule has 2 rings (SSSR count). The van der Waals surface area contributed by atoms with Gasteiger partial charge in [-0.3, -0.25) is 9.36 Å². The van der Waals surface area contributed by atoms with Crippen LogP contribution in [0.5, 0.6) is 0 Å². The Labute approximate surface area is 96.0 Å². The second-order valence-electron chi connectivity index (χ2n) is 3.40. The number of amides is 1. The number of H-pyrrole nitrogens is 1. The zero-order valence-electron chi connectivity index (χ0n) is 8.58. The molecule has 0 bridgehead atoms. The summed E-state index contributed by atoms with van der Waals surface area (Å²) in [5, 5.41) is 2.61. The summed E-state index contributed by atoms with van der Waals surface area (Å²) in [5.41, 5.74) is 1.89. The van der Waals surface area contributed by atoms with Crippen LogP contribution in [-0.4, -0.2) is 21.3 Å². The molecular weight excluding hydrogens is 230 g/mol. The van der Waals surface area contributed by atoms with Gasteiger partial charge in [0.05, 0.1) is 11.0 Å². The number of imidazole rings is 1. The number of carbonyl (C=O) groups is 1. The Hall–Kier alpha value is -1.75. The zero-order valence-corrected chi connectivity index (χ0v) is 9.34. The van der Waals surface area contributed by atoms with Gasteiger partial charge in [0.15, 0.2) is 0 Å². The first kappa shape index (κ1) is 10.8. The van der Waals surface area contributed by atoms with Gasteiger partial charge in [0.25, 0.3) is 0 Å². The maximum absolute atomic E-state index is 11.3. The molecule has 1 amide bonds. The van der Waals surface area contributed by atoms with Crippen LogP contribution in [-0.2, 0) is 11.8 Å². The Morgan fingerprint density at radius 1 is 1.56 bits per heavy atom. The number of nitrogens with zero attached hydrogens (tertiary/aromatic N) is 1. The Kier molecular flexibility index (Phi) is 2.70. The molecule has 6 heteroatoms. The molecule has 0 spiro atoms. The fraction of sp³-hybridized carbons (Fsp3) is 0.200. The van der Waals surface area contributed by atoms with Gasteiger partial charge in [0, 0.05) is 12.7 Å². The third kappa shape index (κ3) is 1.81. The molecule has 1 aromatic carbocycles. The number of anilines is 1. The van der Waals surface area contributed by atoms with Crippen LogP contribution in [0.25, 0.3) is 11.0 Å². The van der Waals surface area contributed by atoms with E-state index in [0.717, 1.165) is 5.52 Å². The van der Waals surface area contributed by atoms with Gasteiger partial charge >= 0.3 is 5.69 Å². The number of hydrogen-bond acceptors (Lipinski definition) is 2. The van der Waals surface area contributed by atoms with E-state index in [9.17, 15) is 9.59 Å². The smallest absolute Gasteiger partial charge is 0.325 e. The summed E-state index contributed by atoms with van der Waals surface area (Å²) in [5.74, 6) is -0.372. The lowest BCUT2D eigenvalue weighted by molar-refractivity contribution is -0.113. The highest BCUT2D eigenvalue weighted by atomic mass is 35.5. The molecule has 0 saturated carbocycles. The van der Waals surface area contributed by atoms with E-state index in [1.54, 1.807) is 25.2 Å². The standard InChI is InChI=1S/C10H10ClN3O2/c1-14-8-3-2-6(12-9(15)5-11)4-7(8)13-10(14)16/h2-4H,5H2,1H3,(H,12,15)(H,13,16). The largest absolute Gasteiger partial charge is 0.326 e. The van der Waals surface area contributed by atoms with E-state index in [2.05, 4.69) is 10.3 Å². The number of hydrogen-bond donors (Lipinski definition) is 2. The SMILES string of the molecule is Cn1c(=O)[nH]c2cc(NC(=O)CCl)ccc21. The molecule has 0 aliphatic heterocycles. The van der Waals surface area contributed by atoms with Gasteiger partial charge in [-0.2, -0.15) is 0 Å². The second-order valence-corrected chi connectivity index (χ2v) is 3.67. The van der Waals surface area contributed by atoms with Gasteiger partial charge in [-0.15, -0.1) is 11.6 Å². The molecule has 2 N–H and O–H groups in total. The van der Waals surface area contributed by atoms with Gasteiger partial charge in [-0.1, -0.05) is 0 Å². The van der Waals surface area contributed by atoms with E-state index >= 15 is 0 Å². The fourth-order valence-electron chi connectivity index (χ4n) is 1.51. The van der Waals surface area contributed by atoms with Crippen LogP contribution in [0.4, 0.5) is 5.69 Å². The topological polar surface area (TPSA) is 66.9 Å². The first-order valence-corrected chi connectivity index (χ1v) is 5.20. The minimum Gasteiger partial charge on any atom is -0.325 e. The lowest BCUT2D eigenvalue weighted by Crippen LogP contribution is -2.12. The molecule has 1 aromatic heterocycles. The van der Waals surface area contributed by atoms with Crippen molar-refractivity contribution in [2.24, 2.45) is 7.05 Å². The number of carbonyl (C=O) groups excluding carboxylic acids is 1.